The molecule has 2 heterocycles. The molecule has 165 valence electrons. The Balaban J connectivity index is 1.48. The molecule has 0 saturated heterocycles. The van der Waals surface area contributed by atoms with Gasteiger partial charge in [-0.05, 0) is 23.3 Å². The third kappa shape index (κ3) is 4.32. The first-order chi connectivity index (χ1) is 17.3. The highest BCUT2D eigenvalue weighted by Crippen LogP contribution is 2.28. The molecule has 0 aliphatic carbocycles. The van der Waals surface area contributed by atoms with Crippen molar-refractivity contribution >= 4 is 7.55 Å². The summed E-state index contributed by atoms with van der Waals surface area (Å²) in [6, 6.07) is 45.4. The Morgan fingerprint density at radius 1 is 0.400 bits per heavy atom. The maximum atomic E-state index is 4.97. The van der Waals surface area contributed by atoms with Crippen molar-refractivity contribution in [3.63, 3.8) is 0 Å². The van der Waals surface area contributed by atoms with E-state index < -0.39 is 0 Å². The molecule has 6 rings (SSSR count). The summed E-state index contributed by atoms with van der Waals surface area (Å²) in [6.45, 7) is 0. The molecule has 0 amide bonds. The van der Waals surface area contributed by atoms with Gasteiger partial charge < -0.3 is 0 Å². The monoisotopic (exact) mass is 449 g/mol. The van der Waals surface area contributed by atoms with Gasteiger partial charge in [0.05, 0.1) is 22.8 Å². The Hall–Kier alpha value is -4.64. The summed E-state index contributed by atoms with van der Waals surface area (Å²) in [5.74, 6) is 0. The summed E-state index contributed by atoms with van der Waals surface area (Å²) in [4.78, 5) is 0. The second-order valence-corrected chi connectivity index (χ2v) is 8.30. The molecular weight excluding hydrogens is 427 g/mol. The molecule has 5 heteroatoms. The van der Waals surface area contributed by atoms with Crippen LogP contribution in [0.25, 0.3) is 45.0 Å². The topological polar surface area (TPSA) is 35.6 Å². The quantitative estimate of drug-likeness (QED) is 0.266. The van der Waals surface area contributed by atoms with Gasteiger partial charge in [0.25, 0.3) is 0 Å². The average molecular weight is 449 g/mol. The molecule has 0 bridgehead atoms. The highest BCUT2D eigenvalue weighted by atomic mass is 15.3. The van der Waals surface area contributed by atoms with Gasteiger partial charge in [-0.2, -0.15) is 10.2 Å². The van der Waals surface area contributed by atoms with Crippen molar-refractivity contribution < 1.29 is 0 Å². The predicted molar refractivity (Wildman–Crippen MR) is 143 cm³/mol. The van der Waals surface area contributed by atoms with Gasteiger partial charge in [-0.1, -0.05) is 121 Å². The zero-order valence-corrected chi connectivity index (χ0v) is 19.1. The Kier molecular flexibility index (Phi) is 5.57. The molecular formula is C30H22BN4. The molecule has 35 heavy (non-hydrogen) atoms. The van der Waals surface area contributed by atoms with Gasteiger partial charge >= 0.3 is 7.55 Å². The average Bonchev–Trinajstić information content (AvgIpc) is 3.56. The maximum absolute atomic E-state index is 4.97. The lowest BCUT2D eigenvalue weighted by Crippen LogP contribution is -2.21. The molecule has 0 N–H and O–H groups in total. The van der Waals surface area contributed by atoms with Gasteiger partial charge in [-0.15, -0.1) is 0 Å². The van der Waals surface area contributed by atoms with Crippen LogP contribution in [0.2, 0.25) is 0 Å². The van der Waals surface area contributed by atoms with Crippen LogP contribution in [-0.4, -0.2) is 26.9 Å². The smallest absolute Gasteiger partial charge is 0.285 e. The third-order valence-corrected chi connectivity index (χ3v) is 5.97. The highest BCUT2D eigenvalue weighted by Gasteiger charge is 2.18. The number of hydrogen-bond donors (Lipinski definition) is 0. The van der Waals surface area contributed by atoms with Crippen LogP contribution in [0.5, 0.6) is 0 Å². The maximum Gasteiger partial charge on any atom is 0.438 e. The third-order valence-electron chi connectivity index (χ3n) is 5.97. The molecule has 0 spiro atoms. The Morgan fingerprint density at radius 2 is 0.714 bits per heavy atom. The molecule has 0 unspecified atom stereocenters. The van der Waals surface area contributed by atoms with E-state index in [1.807, 2.05) is 89.5 Å². The van der Waals surface area contributed by atoms with Gasteiger partial charge in [-0.25, -0.2) is 0 Å². The summed E-state index contributed by atoms with van der Waals surface area (Å²) in [5.41, 5.74) is 8.16. The van der Waals surface area contributed by atoms with E-state index in [9.17, 15) is 0 Å². The summed E-state index contributed by atoms with van der Waals surface area (Å²) >= 11 is 0. The normalized spacial score (nSPS) is 10.9. The van der Waals surface area contributed by atoms with Gasteiger partial charge in [0.1, 0.15) is 0 Å². The minimum atomic E-state index is 0.914. The lowest BCUT2D eigenvalue weighted by atomic mass is 10.0. The Bertz CT molecular complexity index is 1420. The molecule has 4 nitrogen and oxygen atoms in total. The molecule has 6 aromatic rings. The molecule has 1 radical (unpaired) electrons. The van der Waals surface area contributed by atoms with Gasteiger partial charge in [-0.3, -0.25) is 9.19 Å². The number of rotatable bonds is 6. The van der Waals surface area contributed by atoms with Gasteiger partial charge in [0, 0.05) is 11.1 Å². The molecule has 0 aliphatic rings. The summed E-state index contributed by atoms with van der Waals surface area (Å²) in [7, 11) is 1.96. The van der Waals surface area contributed by atoms with Crippen molar-refractivity contribution in [2.75, 3.05) is 0 Å². The van der Waals surface area contributed by atoms with E-state index in [0.717, 1.165) is 45.0 Å². The first kappa shape index (κ1) is 20.9. The minimum Gasteiger partial charge on any atom is -0.285 e. The van der Waals surface area contributed by atoms with Crippen molar-refractivity contribution in [3.8, 4) is 45.0 Å². The predicted octanol–water partition coefficient (Wildman–Crippen LogP) is 6.68. The van der Waals surface area contributed by atoms with Crippen LogP contribution in [0, 0.1) is 0 Å². The van der Waals surface area contributed by atoms with Crippen LogP contribution in [0.4, 0.5) is 0 Å². The number of benzene rings is 4. The van der Waals surface area contributed by atoms with Crippen LogP contribution < -0.4 is 0 Å². The molecule has 4 aromatic carbocycles. The van der Waals surface area contributed by atoms with E-state index in [4.69, 9.17) is 10.2 Å². The van der Waals surface area contributed by atoms with Crippen molar-refractivity contribution in [2.24, 2.45) is 0 Å². The van der Waals surface area contributed by atoms with Crippen LogP contribution in [0.1, 0.15) is 0 Å². The van der Waals surface area contributed by atoms with E-state index in [-0.39, 0.29) is 0 Å². The van der Waals surface area contributed by atoms with Crippen molar-refractivity contribution in [2.45, 2.75) is 0 Å². The second kappa shape index (κ2) is 9.31. The van der Waals surface area contributed by atoms with Gasteiger partial charge in [0.2, 0.25) is 0 Å². The standard InChI is InChI=1S/C30H22BN4/c1-5-13-23(14-6-1)27-21-29(25-17-9-3-10-18-25)34(32-27)31-35-30(26-19-11-4-12-20-26)22-28(33-35)24-15-7-2-8-16-24/h1-22H. The zero-order chi connectivity index (χ0) is 23.5. The largest absolute Gasteiger partial charge is 0.438 e. The van der Waals surface area contributed by atoms with Crippen molar-refractivity contribution in [3.05, 3.63) is 133 Å². The van der Waals surface area contributed by atoms with E-state index in [1.165, 1.54) is 0 Å². The van der Waals surface area contributed by atoms with Crippen LogP contribution in [0.15, 0.2) is 133 Å². The molecule has 2 aromatic heterocycles. The fraction of sp³-hybridized carbons (Fsp3) is 0. The molecule has 0 fully saturated rings. The zero-order valence-electron chi connectivity index (χ0n) is 19.1. The first-order valence-corrected chi connectivity index (χ1v) is 11.6. The van der Waals surface area contributed by atoms with E-state index in [1.54, 1.807) is 0 Å². The van der Waals surface area contributed by atoms with Crippen LogP contribution in [-0.2, 0) is 0 Å². The lowest BCUT2D eigenvalue weighted by Gasteiger charge is -2.09. The van der Waals surface area contributed by atoms with E-state index in [0.29, 0.717) is 0 Å². The fourth-order valence-corrected chi connectivity index (χ4v) is 4.22. The lowest BCUT2D eigenvalue weighted by molar-refractivity contribution is 0.896. The van der Waals surface area contributed by atoms with Gasteiger partial charge in [0.15, 0.2) is 0 Å². The highest BCUT2D eigenvalue weighted by molar-refractivity contribution is 6.33. The molecule has 0 atom stereocenters. The SMILES string of the molecule is [B](n1nc(-c2ccccc2)cc1-c1ccccc1)n1nc(-c2ccccc2)cc1-c1ccccc1. The van der Waals surface area contributed by atoms with Crippen molar-refractivity contribution in [1.29, 1.82) is 0 Å². The Labute approximate surface area is 205 Å². The van der Waals surface area contributed by atoms with E-state index >= 15 is 0 Å². The minimum absolute atomic E-state index is 0.914. The summed E-state index contributed by atoms with van der Waals surface area (Å²) < 4.78 is 3.84. The summed E-state index contributed by atoms with van der Waals surface area (Å²) in [5, 5.41) is 9.94. The van der Waals surface area contributed by atoms with Crippen LogP contribution in [0.3, 0.4) is 0 Å². The van der Waals surface area contributed by atoms with Crippen molar-refractivity contribution in [1.82, 2.24) is 19.4 Å². The number of aromatic nitrogens is 4. The van der Waals surface area contributed by atoms with Crippen LogP contribution >= 0.6 is 0 Å². The molecule has 0 saturated carbocycles. The number of nitrogens with zero attached hydrogens (tertiary/aromatic N) is 4. The fourth-order valence-electron chi connectivity index (χ4n) is 4.22. The number of hydrogen-bond acceptors (Lipinski definition) is 2. The van der Waals surface area contributed by atoms with E-state index in [2.05, 4.69) is 60.7 Å². The first-order valence-electron chi connectivity index (χ1n) is 11.6. The molecule has 0 aliphatic heterocycles. The summed E-state index contributed by atoms with van der Waals surface area (Å²) in [6.07, 6.45) is 0. The second-order valence-electron chi connectivity index (χ2n) is 8.30. The Morgan fingerprint density at radius 3 is 1.06 bits per heavy atom.